The van der Waals surface area contributed by atoms with Gasteiger partial charge in [0.05, 0.1) is 6.04 Å². The molecule has 0 aliphatic carbocycles. The van der Waals surface area contributed by atoms with Crippen LogP contribution in [0.2, 0.25) is 10.0 Å². The summed E-state index contributed by atoms with van der Waals surface area (Å²) in [5, 5.41) is 7.44. The van der Waals surface area contributed by atoms with E-state index in [1.54, 1.807) is 12.1 Å². The lowest BCUT2D eigenvalue weighted by atomic mass is 10.1. The number of nitrogens with one attached hydrogen (secondary N) is 2. The number of carbonyl (C=O) groups excluding carboxylic acids is 1. The van der Waals surface area contributed by atoms with Crippen molar-refractivity contribution in [3.05, 3.63) is 33.8 Å². The molecule has 2 atom stereocenters. The van der Waals surface area contributed by atoms with Gasteiger partial charge >= 0.3 is 0 Å². The molecular formula is C15H22Cl2N2O. The molecule has 2 N–H and O–H groups in total. The van der Waals surface area contributed by atoms with Crippen molar-refractivity contribution in [3.8, 4) is 0 Å². The molecule has 5 heteroatoms. The highest BCUT2D eigenvalue weighted by Gasteiger charge is 2.21. The van der Waals surface area contributed by atoms with Crippen LogP contribution in [0.4, 0.5) is 0 Å². The van der Waals surface area contributed by atoms with Crippen LogP contribution >= 0.6 is 23.2 Å². The zero-order valence-electron chi connectivity index (χ0n) is 12.6. The quantitative estimate of drug-likeness (QED) is 0.883. The Hall–Kier alpha value is -0.770. The van der Waals surface area contributed by atoms with Crippen LogP contribution in [0.3, 0.4) is 0 Å². The fourth-order valence-electron chi connectivity index (χ4n) is 1.86. The van der Waals surface area contributed by atoms with Gasteiger partial charge in [0.25, 0.3) is 0 Å². The van der Waals surface area contributed by atoms with Gasteiger partial charge in [0.2, 0.25) is 5.91 Å². The lowest BCUT2D eigenvalue weighted by Gasteiger charge is -2.26. The van der Waals surface area contributed by atoms with E-state index in [9.17, 15) is 4.79 Å². The van der Waals surface area contributed by atoms with Crippen LogP contribution in [0.15, 0.2) is 18.2 Å². The second-order valence-electron chi connectivity index (χ2n) is 6.02. The Labute approximate surface area is 131 Å². The number of hydrogen-bond acceptors (Lipinski definition) is 2. The Bertz CT molecular complexity index is 483. The van der Waals surface area contributed by atoms with Gasteiger partial charge in [0, 0.05) is 21.6 Å². The van der Waals surface area contributed by atoms with Gasteiger partial charge in [-0.05, 0) is 58.4 Å². The predicted molar refractivity (Wildman–Crippen MR) is 85.4 cm³/mol. The van der Waals surface area contributed by atoms with E-state index < -0.39 is 0 Å². The van der Waals surface area contributed by atoms with E-state index in [1.807, 2.05) is 40.7 Å². The Kier molecular flexibility index (Phi) is 5.87. The minimum Gasteiger partial charge on any atom is -0.350 e. The van der Waals surface area contributed by atoms with Crippen LogP contribution in [0.1, 0.15) is 46.2 Å². The van der Waals surface area contributed by atoms with Crippen molar-refractivity contribution in [1.29, 1.82) is 0 Å². The maximum absolute atomic E-state index is 12.0. The van der Waals surface area contributed by atoms with E-state index in [4.69, 9.17) is 23.2 Å². The molecule has 0 saturated carbocycles. The molecule has 0 aliphatic heterocycles. The van der Waals surface area contributed by atoms with Crippen molar-refractivity contribution < 1.29 is 4.79 Å². The molecular weight excluding hydrogens is 295 g/mol. The van der Waals surface area contributed by atoms with Crippen molar-refractivity contribution >= 4 is 29.1 Å². The van der Waals surface area contributed by atoms with Crippen LogP contribution in [0.25, 0.3) is 0 Å². The van der Waals surface area contributed by atoms with Crippen molar-refractivity contribution in [2.45, 2.75) is 52.2 Å². The fraction of sp³-hybridized carbons (Fsp3) is 0.533. The molecule has 1 aromatic carbocycles. The molecule has 1 rings (SSSR count). The van der Waals surface area contributed by atoms with E-state index in [2.05, 4.69) is 10.6 Å². The molecule has 112 valence electrons. The summed E-state index contributed by atoms with van der Waals surface area (Å²) in [5.74, 6) is -0.0394. The summed E-state index contributed by atoms with van der Waals surface area (Å²) in [6.45, 7) is 9.65. The van der Waals surface area contributed by atoms with Crippen LogP contribution in [0, 0.1) is 0 Å². The summed E-state index contributed by atoms with van der Waals surface area (Å²) < 4.78 is 0. The van der Waals surface area contributed by atoms with Crippen molar-refractivity contribution in [2.75, 3.05) is 0 Å². The number of benzene rings is 1. The minimum absolute atomic E-state index is 0.0394. The summed E-state index contributed by atoms with van der Waals surface area (Å²) in [5.41, 5.74) is 0.638. The number of rotatable bonds is 4. The summed E-state index contributed by atoms with van der Waals surface area (Å²) in [7, 11) is 0. The predicted octanol–water partition coefficient (Wildman–Crippen LogP) is 3.95. The third-order valence-electron chi connectivity index (χ3n) is 2.82. The van der Waals surface area contributed by atoms with E-state index in [0.29, 0.717) is 10.0 Å². The van der Waals surface area contributed by atoms with Gasteiger partial charge in [-0.25, -0.2) is 0 Å². The molecule has 0 heterocycles. The molecule has 0 saturated heterocycles. The smallest absolute Gasteiger partial charge is 0.237 e. The molecule has 1 aromatic rings. The normalized spacial score (nSPS) is 14.8. The highest BCUT2D eigenvalue weighted by atomic mass is 35.5. The lowest BCUT2D eigenvalue weighted by molar-refractivity contribution is -0.124. The zero-order chi connectivity index (χ0) is 15.5. The second kappa shape index (κ2) is 6.79. The van der Waals surface area contributed by atoms with Crippen LogP contribution < -0.4 is 10.6 Å². The van der Waals surface area contributed by atoms with Gasteiger partial charge in [-0.3, -0.25) is 10.1 Å². The molecule has 0 bridgehead atoms. The number of amides is 1. The fourth-order valence-corrected chi connectivity index (χ4v) is 2.33. The Morgan fingerprint density at radius 1 is 1.20 bits per heavy atom. The molecule has 2 unspecified atom stereocenters. The van der Waals surface area contributed by atoms with E-state index in [0.717, 1.165) is 5.56 Å². The van der Waals surface area contributed by atoms with Gasteiger partial charge in [-0.15, -0.1) is 0 Å². The van der Waals surface area contributed by atoms with Gasteiger partial charge in [-0.1, -0.05) is 23.2 Å². The van der Waals surface area contributed by atoms with E-state index in [1.165, 1.54) is 0 Å². The molecule has 1 amide bonds. The lowest BCUT2D eigenvalue weighted by Crippen LogP contribution is -2.50. The first-order chi connectivity index (χ1) is 9.10. The third kappa shape index (κ3) is 5.31. The standard InChI is InChI=1S/C15H22Cl2N2O/c1-9(12-8-11(16)6-7-13(12)17)18-10(2)14(20)19-15(3,4)5/h6-10,18H,1-5H3,(H,19,20). The summed E-state index contributed by atoms with van der Waals surface area (Å²) in [6.07, 6.45) is 0. The average Bonchev–Trinajstić information content (AvgIpc) is 2.29. The molecule has 0 fully saturated rings. The maximum atomic E-state index is 12.0. The van der Waals surface area contributed by atoms with E-state index >= 15 is 0 Å². The summed E-state index contributed by atoms with van der Waals surface area (Å²) >= 11 is 12.1. The molecule has 0 aliphatic rings. The number of carbonyl (C=O) groups is 1. The number of hydrogen-bond donors (Lipinski definition) is 2. The molecule has 0 radical (unpaired) electrons. The van der Waals surface area contributed by atoms with Crippen LogP contribution in [0.5, 0.6) is 0 Å². The van der Waals surface area contributed by atoms with Crippen molar-refractivity contribution in [1.82, 2.24) is 10.6 Å². The SMILES string of the molecule is CC(NC(C)c1cc(Cl)ccc1Cl)C(=O)NC(C)(C)C. The summed E-state index contributed by atoms with van der Waals surface area (Å²) in [4.78, 5) is 12.0. The van der Waals surface area contributed by atoms with Crippen LogP contribution in [-0.4, -0.2) is 17.5 Å². The Balaban J connectivity index is 2.72. The molecule has 0 spiro atoms. The molecule has 3 nitrogen and oxygen atoms in total. The minimum atomic E-state index is -0.320. The first-order valence-corrected chi connectivity index (χ1v) is 7.39. The average molecular weight is 317 g/mol. The third-order valence-corrected chi connectivity index (χ3v) is 3.40. The zero-order valence-corrected chi connectivity index (χ0v) is 14.1. The van der Waals surface area contributed by atoms with Crippen LogP contribution in [-0.2, 0) is 4.79 Å². The van der Waals surface area contributed by atoms with Crippen molar-refractivity contribution in [2.24, 2.45) is 0 Å². The van der Waals surface area contributed by atoms with Gasteiger partial charge in [0.15, 0.2) is 0 Å². The van der Waals surface area contributed by atoms with Gasteiger partial charge < -0.3 is 5.32 Å². The first kappa shape index (κ1) is 17.3. The first-order valence-electron chi connectivity index (χ1n) is 6.63. The second-order valence-corrected chi connectivity index (χ2v) is 6.86. The molecule has 0 aromatic heterocycles. The number of halogens is 2. The Morgan fingerprint density at radius 3 is 2.35 bits per heavy atom. The summed E-state index contributed by atoms with van der Waals surface area (Å²) in [6, 6.07) is 4.93. The largest absolute Gasteiger partial charge is 0.350 e. The topological polar surface area (TPSA) is 41.1 Å². The van der Waals surface area contributed by atoms with E-state index in [-0.39, 0.29) is 23.5 Å². The maximum Gasteiger partial charge on any atom is 0.237 e. The monoisotopic (exact) mass is 316 g/mol. The Morgan fingerprint density at radius 2 is 1.80 bits per heavy atom. The highest BCUT2D eigenvalue weighted by Crippen LogP contribution is 2.26. The molecule has 20 heavy (non-hydrogen) atoms. The van der Waals surface area contributed by atoms with Crippen molar-refractivity contribution in [3.63, 3.8) is 0 Å². The van der Waals surface area contributed by atoms with Gasteiger partial charge in [0.1, 0.15) is 0 Å². The van der Waals surface area contributed by atoms with Gasteiger partial charge in [-0.2, -0.15) is 0 Å². The highest BCUT2D eigenvalue weighted by molar-refractivity contribution is 6.33.